The van der Waals surface area contributed by atoms with Crippen LogP contribution in [0.3, 0.4) is 0 Å². The van der Waals surface area contributed by atoms with Crippen LogP contribution in [0.4, 0.5) is 0 Å². The fraction of sp³-hybridized carbons (Fsp3) is 0.188. The third-order valence-corrected chi connectivity index (χ3v) is 6.54. The second kappa shape index (κ2) is 9.98. The van der Waals surface area contributed by atoms with Crippen molar-refractivity contribution in [2.75, 3.05) is 13.1 Å². The van der Waals surface area contributed by atoms with Gasteiger partial charge in [-0.15, -0.1) is 0 Å². The number of nitrogens with two attached hydrogens (primary N) is 2. The van der Waals surface area contributed by atoms with Crippen LogP contribution in [0.15, 0.2) is 83.9 Å². The molecule has 2 heteroatoms. The molecule has 0 amide bonds. The fourth-order valence-corrected chi connectivity index (χ4v) is 4.89. The van der Waals surface area contributed by atoms with Gasteiger partial charge in [0.25, 0.3) is 0 Å². The molecule has 2 aliphatic rings. The maximum Gasteiger partial charge on any atom is 0.0249 e. The minimum atomic E-state index is 0.636. The van der Waals surface area contributed by atoms with E-state index in [2.05, 4.69) is 96.5 Å². The van der Waals surface area contributed by atoms with Gasteiger partial charge in [-0.2, -0.15) is 0 Å². The first-order chi connectivity index (χ1) is 16.8. The van der Waals surface area contributed by atoms with E-state index in [1.807, 2.05) is 0 Å². The SMILES string of the molecule is NCCC1=C(C#Cc2ccc(C#CC3=C(CCN)c4ccccc4C3)cc2)Cc2ccccc21. The second-order valence-corrected chi connectivity index (χ2v) is 8.74. The topological polar surface area (TPSA) is 52.0 Å². The molecule has 0 unspecified atom stereocenters. The van der Waals surface area contributed by atoms with E-state index in [4.69, 9.17) is 11.5 Å². The average Bonchev–Trinajstić information content (AvgIpc) is 3.40. The Morgan fingerprint density at radius 2 is 0.941 bits per heavy atom. The van der Waals surface area contributed by atoms with Gasteiger partial charge in [-0.05, 0) is 83.6 Å². The molecule has 0 aromatic heterocycles. The molecular weight excluding hydrogens is 412 g/mol. The van der Waals surface area contributed by atoms with Gasteiger partial charge >= 0.3 is 0 Å². The van der Waals surface area contributed by atoms with Gasteiger partial charge in [-0.3, -0.25) is 0 Å². The first-order valence-corrected chi connectivity index (χ1v) is 11.9. The summed E-state index contributed by atoms with van der Waals surface area (Å²) in [7, 11) is 0. The van der Waals surface area contributed by atoms with Crippen molar-refractivity contribution in [2.24, 2.45) is 11.5 Å². The second-order valence-electron chi connectivity index (χ2n) is 8.74. The van der Waals surface area contributed by atoms with Crippen molar-refractivity contribution in [3.63, 3.8) is 0 Å². The molecule has 0 bridgehead atoms. The Kier molecular flexibility index (Phi) is 6.46. The van der Waals surface area contributed by atoms with Crippen molar-refractivity contribution in [2.45, 2.75) is 25.7 Å². The first-order valence-electron chi connectivity index (χ1n) is 11.9. The summed E-state index contributed by atoms with van der Waals surface area (Å²) in [5, 5.41) is 0. The highest BCUT2D eigenvalue weighted by atomic mass is 14.5. The molecular formula is C32H28N2. The molecule has 0 atom stereocenters. The molecule has 3 aromatic rings. The Morgan fingerprint density at radius 1 is 0.529 bits per heavy atom. The van der Waals surface area contributed by atoms with Crippen LogP contribution in [0.2, 0.25) is 0 Å². The Balaban J connectivity index is 1.35. The zero-order valence-corrected chi connectivity index (χ0v) is 19.3. The molecule has 5 rings (SSSR count). The minimum absolute atomic E-state index is 0.636. The summed E-state index contributed by atoms with van der Waals surface area (Å²) < 4.78 is 0. The largest absolute Gasteiger partial charge is 0.330 e. The van der Waals surface area contributed by atoms with Gasteiger partial charge in [0.15, 0.2) is 0 Å². The Morgan fingerprint density at radius 3 is 1.35 bits per heavy atom. The molecule has 0 radical (unpaired) electrons. The predicted octanol–water partition coefficient (Wildman–Crippen LogP) is 5.11. The normalized spacial score (nSPS) is 13.7. The minimum Gasteiger partial charge on any atom is -0.330 e. The summed E-state index contributed by atoms with van der Waals surface area (Å²) in [6.45, 7) is 1.27. The smallest absolute Gasteiger partial charge is 0.0249 e. The highest BCUT2D eigenvalue weighted by Crippen LogP contribution is 2.35. The molecule has 0 heterocycles. The lowest BCUT2D eigenvalue weighted by molar-refractivity contribution is 1.02. The van der Waals surface area contributed by atoms with Gasteiger partial charge < -0.3 is 11.5 Å². The quantitative estimate of drug-likeness (QED) is 0.554. The van der Waals surface area contributed by atoms with E-state index in [1.54, 1.807) is 0 Å². The predicted molar refractivity (Wildman–Crippen MR) is 142 cm³/mol. The van der Waals surface area contributed by atoms with Crippen LogP contribution in [0.5, 0.6) is 0 Å². The number of fused-ring (bicyclic) bond motifs is 2. The van der Waals surface area contributed by atoms with Crippen molar-refractivity contribution in [1.29, 1.82) is 0 Å². The summed E-state index contributed by atoms with van der Waals surface area (Å²) in [5.41, 5.74) is 24.0. The summed E-state index contributed by atoms with van der Waals surface area (Å²) in [4.78, 5) is 0. The van der Waals surface area contributed by atoms with E-state index >= 15 is 0 Å². The third kappa shape index (κ3) is 4.48. The van der Waals surface area contributed by atoms with Gasteiger partial charge in [-0.1, -0.05) is 72.2 Å². The number of allylic oxidation sites excluding steroid dienone is 2. The lowest BCUT2D eigenvalue weighted by atomic mass is 10.0. The summed E-state index contributed by atoms with van der Waals surface area (Å²) in [6, 6.07) is 25.3. The maximum absolute atomic E-state index is 5.87. The van der Waals surface area contributed by atoms with Gasteiger partial charge in [0.05, 0.1) is 0 Å². The molecule has 166 valence electrons. The average molecular weight is 441 g/mol. The molecule has 0 fully saturated rings. The van der Waals surface area contributed by atoms with E-state index in [-0.39, 0.29) is 0 Å². The fourth-order valence-electron chi connectivity index (χ4n) is 4.89. The van der Waals surface area contributed by atoms with Crippen LogP contribution in [0.25, 0.3) is 11.1 Å². The molecule has 0 saturated heterocycles. The van der Waals surface area contributed by atoms with Crippen LogP contribution in [-0.2, 0) is 12.8 Å². The lowest BCUT2D eigenvalue weighted by Gasteiger charge is -2.03. The highest BCUT2D eigenvalue weighted by Gasteiger charge is 2.20. The molecule has 34 heavy (non-hydrogen) atoms. The van der Waals surface area contributed by atoms with E-state index in [1.165, 1.54) is 44.5 Å². The molecule has 0 spiro atoms. The van der Waals surface area contributed by atoms with Gasteiger partial charge in [-0.25, -0.2) is 0 Å². The molecule has 2 nitrogen and oxygen atoms in total. The maximum atomic E-state index is 5.87. The van der Waals surface area contributed by atoms with Crippen molar-refractivity contribution in [1.82, 2.24) is 0 Å². The van der Waals surface area contributed by atoms with Crippen molar-refractivity contribution in [3.05, 3.63) is 117 Å². The Labute approximate surface area is 202 Å². The first kappa shape index (κ1) is 22.0. The van der Waals surface area contributed by atoms with Crippen molar-refractivity contribution < 1.29 is 0 Å². The van der Waals surface area contributed by atoms with Gasteiger partial charge in [0, 0.05) is 35.1 Å². The van der Waals surface area contributed by atoms with Crippen LogP contribution in [-0.4, -0.2) is 13.1 Å². The summed E-state index contributed by atoms with van der Waals surface area (Å²) in [6.07, 6.45) is 3.51. The molecule has 0 saturated carbocycles. The zero-order valence-electron chi connectivity index (χ0n) is 19.3. The lowest BCUT2D eigenvalue weighted by Crippen LogP contribution is -2.00. The summed E-state index contributed by atoms with van der Waals surface area (Å²) in [5.74, 6) is 13.5. The molecule has 0 aliphatic heterocycles. The number of hydrogen-bond donors (Lipinski definition) is 2. The van der Waals surface area contributed by atoms with E-state index in [9.17, 15) is 0 Å². The van der Waals surface area contributed by atoms with Crippen molar-refractivity contribution in [3.8, 4) is 23.7 Å². The number of hydrogen-bond acceptors (Lipinski definition) is 2. The van der Waals surface area contributed by atoms with Crippen LogP contribution < -0.4 is 11.5 Å². The van der Waals surface area contributed by atoms with Crippen LogP contribution in [0.1, 0.15) is 46.2 Å². The van der Waals surface area contributed by atoms with E-state index in [0.717, 1.165) is 36.8 Å². The molecule has 4 N–H and O–H groups in total. The Hall–Kier alpha value is -3.82. The standard InChI is InChI=1S/C32H28N2/c33-19-17-31-27(21-25-5-1-3-7-29(25)31)15-13-23-9-11-24(12-10-23)14-16-28-22-26-6-2-4-8-30(26)32(28)18-20-34/h1-12H,17-22,33-34H2. The molecule has 2 aliphatic carbocycles. The number of rotatable bonds is 4. The van der Waals surface area contributed by atoms with Crippen molar-refractivity contribution >= 4 is 11.1 Å². The third-order valence-electron chi connectivity index (χ3n) is 6.54. The van der Waals surface area contributed by atoms with Crippen LogP contribution >= 0.6 is 0 Å². The highest BCUT2D eigenvalue weighted by molar-refractivity contribution is 5.81. The Bertz CT molecular complexity index is 1300. The van der Waals surface area contributed by atoms with E-state index < -0.39 is 0 Å². The monoisotopic (exact) mass is 440 g/mol. The zero-order chi connectivity index (χ0) is 23.3. The van der Waals surface area contributed by atoms with Crippen LogP contribution in [0, 0.1) is 23.7 Å². The summed E-state index contributed by atoms with van der Waals surface area (Å²) >= 11 is 0. The molecule has 3 aromatic carbocycles. The van der Waals surface area contributed by atoms with Gasteiger partial charge in [0.2, 0.25) is 0 Å². The van der Waals surface area contributed by atoms with E-state index in [0.29, 0.717) is 13.1 Å². The van der Waals surface area contributed by atoms with Gasteiger partial charge in [0.1, 0.15) is 0 Å². The number of benzene rings is 3.